The smallest absolute Gasteiger partial charge is 0.490 e. The predicted molar refractivity (Wildman–Crippen MR) is 76.0 cm³/mol. The van der Waals surface area contributed by atoms with E-state index in [0.29, 0.717) is 16.3 Å². The van der Waals surface area contributed by atoms with Crippen molar-refractivity contribution in [2.24, 2.45) is 0 Å². The molecule has 23 heavy (non-hydrogen) atoms. The lowest BCUT2D eigenvalue weighted by Gasteiger charge is -2.07. The van der Waals surface area contributed by atoms with Crippen LogP contribution in [0.4, 0.5) is 13.2 Å². The van der Waals surface area contributed by atoms with Crippen LogP contribution in [-0.2, 0) is 26.1 Å². The molecule has 0 amide bonds. The van der Waals surface area contributed by atoms with E-state index in [9.17, 15) is 22.2 Å². The lowest BCUT2D eigenvalue weighted by Crippen LogP contribution is -2.21. The van der Waals surface area contributed by atoms with Crippen molar-refractivity contribution in [1.82, 2.24) is 0 Å². The van der Waals surface area contributed by atoms with Crippen molar-refractivity contribution in [2.45, 2.75) is 11.9 Å². The summed E-state index contributed by atoms with van der Waals surface area (Å²) in [6, 6.07) is 5.11. The number of hydrogen-bond donors (Lipinski definition) is 2. The van der Waals surface area contributed by atoms with Crippen molar-refractivity contribution >= 4 is 34.3 Å². The summed E-state index contributed by atoms with van der Waals surface area (Å²) in [7, 11) is 0.0241. The lowest BCUT2D eigenvalue weighted by molar-refractivity contribution is -0.192. The van der Waals surface area contributed by atoms with Crippen LogP contribution in [0.3, 0.4) is 0 Å². The van der Waals surface area contributed by atoms with E-state index in [-0.39, 0.29) is 11.5 Å². The molecule has 0 bridgehead atoms. The van der Waals surface area contributed by atoms with Crippen LogP contribution in [0.2, 0.25) is 5.02 Å². The molecule has 0 aromatic heterocycles. The summed E-state index contributed by atoms with van der Waals surface area (Å²) in [5.41, 5.74) is 0.626. The van der Waals surface area contributed by atoms with E-state index in [4.69, 9.17) is 31.3 Å². The number of hydrogen-bond acceptors (Lipinski definition) is 4. The molecule has 11 heteroatoms. The van der Waals surface area contributed by atoms with Gasteiger partial charge in [0.15, 0.2) is 0 Å². The number of carboxylic acids is 2. The van der Waals surface area contributed by atoms with E-state index >= 15 is 0 Å². The van der Waals surface area contributed by atoms with Gasteiger partial charge in [0.1, 0.15) is 11.5 Å². The molecule has 1 unspecified atom stereocenters. The number of ether oxygens (including phenoxy) is 1. The van der Waals surface area contributed by atoms with Gasteiger partial charge in [-0.25, -0.2) is 4.79 Å². The highest BCUT2D eigenvalue weighted by atomic mass is 35.5. The Balaban J connectivity index is 0.000000585. The van der Waals surface area contributed by atoms with E-state index in [1.807, 2.05) is 0 Å². The Morgan fingerprint density at radius 2 is 1.83 bits per heavy atom. The fourth-order valence-electron chi connectivity index (χ4n) is 1.19. The molecule has 0 saturated heterocycles. The van der Waals surface area contributed by atoms with Crippen molar-refractivity contribution in [1.29, 1.82) is 0 Å². The fourth-order valence-corrected chi connectivity index (χ4v) is 2.50. The molecule has 1 rings (SSSR count). The molecule has 0 saturated carbocycles. The van der Waals surface area contributed by atoms with E-state index in [2.05, 4.69) is 0 Å². The van der Waals surface area contributed by atoms with Crippen molar-refractivity contribution in [3.8, 4) is 5.75 Å². The van der Waals surface area contributed by atoms with Crippen LogP contribution in [0, 0.1) is 0 Å². The first kappa shape index (κ1) is 21.2. The molecule has 0 aliphatic carbocycles. The molecule has 0 aliphatic rings. The molecule has 2 N–H and O–H groups in total. The number of halogens is 4. The van der Waals surface area contributed by atoms with Crippen molar-refractivity contribution in [3.05, 3.63) is 28.8 Å². The van der Waals surface area contributed by atoms with Crippen LogP contribution in [0.15, 0.2) is 18.2 Å². The monoisotopic (exact) mass is 376 g/mol. The van der Waals surface area contributed by atoms with Gasteiger partial charge >= 0.3 is 18.1 Å². The molecule has 0 radical (unpaired) electrons. The molecule has 1 aromatic rings. The predicted octanol–water partition coefficient (Wildman–Crippen LogP) is 2.32. The number of methoxy groups -OCH3 is 1. The largest absolute Gasteiger partial charge is 0.495 e. The van der Waals surface area contributed by atoms with Gasteiger partial charge in [0.2, 0.25) is 0 Å². The molecule has 130 valence electrons. The molecule has 0 heterocycles. The quantitative estimate of drug-likeness (QED) is 0.817. The summed E-state index contributed by atoms with van der Waals surface area (Å²) in [6.07, 6.45) is -5.08. The average molecular weight is 377 g/mol. The van der Waals surface area contributed by atoms with Crippen LogP contribution >= 0.6 is 11.6 Å². The van der Waals surface area contributed by atoms with Crippen LogP contribution in [0.5, 0.6) is 5.75 Å². The summed E-state index contributed by atoms with van der Waals surface area (Å²) in [6.45, 7) is 0. The third-order valence-corrected chi connectivity index (χ3v) is 3.74. The normalized spacial score (nSPS) is 11.9. The zero-order valence-electron chi connectivity index (χ0n) is 11.6. The summed E-state index contributed by atoms with van der Waals surface area (Å²) >= 11 is 5.98. The van der Waals surface area contributed by atoms with E-state index < -0.39 is 28.9 Å². The minimum Gasteiger partial charge on any atom is -0.495 e. The molecule has 1 aromatic carbocycles. The topological polar surface area (TPSA) is 101 Å². The zero-order valence-corrected chi connectivity index (χ0v) is 13.2. The molecular formula is C12H12ClF3O6S. The number of carboxylic acid groups (broad SMARTS) is 2. The fraction of sp³-hybridized carbons (Fsp3) is 0.333. The van der Waals surface area contributed by atoms with Crippen LogP contribution < -0.4 is 4.74 Å². The Labute approximate surface area is 136 Å². The highest BCUT2D eigenvalue weighted by molar-refractivity contribution is 7.84. The summed E-state index contributed by atoms with van der Waals surface area (Å²) in [4.78, 5) is 19.3. The molecular weight excluding hydrogens is 365 g/mol. The van der Waals surface area contributed by atoms with Crippen molar-refractivity contribution in [2.75, 3.05) is 12.9 Å². The molecule has 6 nitrogen and oxygen atoms in total. The van der Waals surface area contributed by atoms with Gasteiger partial charge in [-0.3, -0.25) is 9.00 Å². The average Bonchev–Trinajstić information content (AvgIpc) is 2.40. The number of alkyl halides is 3. The molecule has 0 fully saturated rings. The Morgan fingerprint density at radius 3 is 2.22 bits per heavy atom. The van der Waals surface area contributed by atoms with Gasteiger partial charge < -0.3 is 14.9 Å². The van der Waals surface area contributed by atoms with Gasteiger partial charge in [-0.2, -0.15) is 13.2 Å². The van der Waals surface area contributed by atoms with Crippen LogP contribution in [0.1, 0.15) is 5.56 Å². The van der Waals surface area contributed by atoms with Gasteiger partial charge in [-0.05, 0) is 11.6 Å². The minimum absolute atomic E-state index is 0.113. The highest BCUT2D eigenvalue weighted by Gasteiger charge is 2.38. The van der Waals surface area contributed by atoms with E-state index in [1.165, 1.54) is 7.11 Å². The van der Waals surface area contributed by atoms with Gasteiger partial charge in [0, 0.05) is 10.8 Å². The van der Waals surface area contributed by atoms with Gasteiger partial charge in [-0.1, -0.05) is 23.7 Å². The second kappa shape index (κ2) is 9.36. The number of rotatable bonds is 5. The second-order valence-corrected chi connectivity index (χ2v) is 5.69. The maximum absolute atomic E-state index is 11.4. The first-order valence-corrected chi connectivity index (χ1v) is 7.53. The SMILES string of the molecule is COc1cccc(CS(=O)CC(=O)O)c1Cl.O=C(O)C(F)(F)F. The van der Waals surface area contributed by atoms with Crippen LogP contribution in [-0.4, -0.2) is 45.4 Å². The maximum atomic E-state index is 11.4. The maximum Gasteiger partial charge on any atom is 0.490 e. The zero-order chi connectivity index (χ0) is 18.2. The Bertz CT molecular complexity index is 591. The Kier molecular flexibility index (Phi) is 8.62. The Morgan fingerprint density at radius 1 is 1.30 bits per heavy atom. The number of carbonyl (C=O) groups is 2. The number of aliphatic carboxylic acids is 2. The van der Waals surface area contributed by atoms with Crippen LogP contribution in [0.25, 0.3) is 0 Å². The standard InChI is InChI=1S/C10H11ClO4S.C2HF3O2/c1-15-8-4-2-3-7(10(8)11)5-16(14)6-9(12)13;3-2(4,5)1(6)7/h2-4H,5-6H2,1H3,(H,12,13);(H,6,7). The first-order valence-electron chi connectivity index (χ1n) is 5.67. The van der Waals surface area contributed by atoms with Gasteiger partial charge in [0.25, 0.3) is 0 Å². The molecule has 1 atom stereocenters. The van der Waals surface area contributed by atoms with E-state index in [0.717, 1.165) is 0 Å². The summed E-state index contributed by atoms with van der Waals surface area (Å²) in [5, 5.41) is 16.0. The highest BCUT2D eigenvalue weighted by Crippen LogP contribution is 2.28. The summed E-state index contributed by atoms with van der Waals surface area (Å²) < 4.78 is 48.1. The number of benzene rings is 1. The second-order valence-electron chi connectivity index (χ2n) is 3.86. The van der Waals surface area contributed by atoms with Gasteiger partial charge in [-0.15, -0.1) is 0 Å². The third-order valence-electron chi connectivity index (χ3n) is 2.11. The molecule has 0 aliphatic heterocycles. The Hall–Kier alpha value is -1.81. The van der Waals surface area contributed by atoms with Crippen molar-refractivity contribution < 1.29 is 41.9 Å². The summed E-state index contributed by atoms with van der Waals surface area (Å²) in [5.74, 6) is -3.62. The van der Waals surface area contributed by atoms with E-state index in [1.54, 1.807) is 18.2 Å². The molecule has 0 spiro atoms. The lowest BCUT2D eigenvalue weighted by atomic mass is 10.2. The minimum atomic E-state index is -5.08. The van der Waals surface area contributed by atoms with Crippen molar-refractivity contribution in [3.63, 3.8) is 0 Å². The third kappa shape index (κ3) is 8.41. The first-order chi connectivity index (χ1) is 10.5. The van der Waals surface area contributed by atoms with Gasteiger partial charge in [0.05, 0.1) is 17.9 Å².